The highest BCUT2D eigenvalue weighted by Gasteiger charge is 2.15. The Balaban J connectivity index is 2.40. The maximum atomic E-state index is 11.9. The Morgan fingerprint density at radius 3 is 2.33 bits per heavy atom. The summed E-state index contributed by atoms with van der Waals surface area (Å²) in [5.74, 6) is -0.602. The number of likely N-dealkylation sites (N-methyl/N-ethyl adjacent to an activating group) is 1. The number of rotatable bonds is 7. The van der Waals surface area contributed by atoms with Crippen molar-refractivity contribution < 1.29 is 14.4 Å². The van der Waals surface area contributed by atoms with Crippen LogP contribution in [0.15, 0.2) is 24.3 Å². The third-order valence-corrected chi connectivity index (χ3v) is 3.59. The molecule has 0 spiro atoms. The summed E-state index contributed by atoms with van der Waals surface area (Å²) in [6.45, 7) is 3.94. The number of Topliss-reactive ketones (excluding diaryl/α,β-unsaturated/α-hetero) is 1. The van der Waals surface area contributed by atoms with Crippen molar-refractivity contribution >= 4 is 40.2 Å². The molecule has 6 heteroatoms. The molecule has 0 saturated heterocycles. The Kier molecular flexibility index (Phi) is 7.35. The van der Waals surface area contributed by atoms with E-state index in [-0.39, 0.29) is 30.4 Å². The zero-order chi connectivity index (χ0) is 15.8. The van der Waals surface area contributed by atoms with Crippen LogP contribution in [0.1, 0.15) is 37.0 Å². The van der Waals surface area contributed by atoms with E-state index < -0.39 is 6.04 Å². The van der Waals surface area contributed by atoms with Gasteiger partial charge in [0.2, 0.25) is 11.8 Å². The van der Waals surface area contributed by atoms with Crippen LogP contribution in [0.2, 0.25) is 0 Å². The minimum atomic E-state index is -0.592. The molecule has 1 aromatic rings. The number of hydrogen-bond acceptors (Lipinski definition) is 3. The molecule has 5 nitrogen and oxygen atoms in total. The lowest BCUT2D eigenvalue weighted by Crippen LogP contribution is -2.44. The minimum Gasteiger partial charge on any atom is -0.355 e. The van der Waals surface area contributed by atoms with E-state index in [1.54, 1.807) is 19.1 Å². The van der Waals surface area contributed by atoms with Gasteiger partial charge >= 0.3 is 0 Å². The summed E-state index contributed by atoms with van der Waals surface area (Å²) in [7, 11) is 0. The zero-order valence-electron chi connectivity index (χ0n) is 12.1. The lowest BCUT2D eigenvalue weighted by Gasteiger charge is -2.13. The van der Waals surface area contributed by atoms with E-state index in [0.29, 0.717) is 12.1 Å². The van der Waals surface area contributed by atoms with Crippen LogP contribution in [0, 0.1) is 3.57 Å². The molecule has 0 radical (unpaired) electrons. The normalized spacial score (nSPS) is 11.6. The van der Waals surface area contributed by atoms with Gasteiger partial charge in [-0.1, -0.05) is 12.1 Å². The first-order valence-corrected chi connectivity index (χ1v) is 7.87. The largest absolute Gasteiger partial charge is 0.355 e. The first kappa shape index (κ1) is 17.6. The molecule has 2 N–H and O–H groups in total. The van der Waals surface area contributed by atoms with Crippen molar-refractivity contribution in [1.29, 1.82) is 0 Å². The number of ketones is 1. The molecular formula is C15H19IN2O3. The summed E-state index contributed by atoms with van der Waals surface area (Å²) in [6, 6.07) is 6.61. The van der Waals surface area contributed by atoms with Gasteiger partial charge in [-0.2, -0.15) is 0 Å². The van der Waals surface area contributed by atoms with E-state index >= 15 is 0 Å². The fourth-order valence-corrected chi connectivity index (χ4v) is 2.07. The van der Waals surface area contributed by atoms with Crippen LogP contribution in [0.3, 0.4) is 0 Å². The number of carbonyl (C=O) groups excluding carboxylic acids is 3. The van der Waals surface area contributed by atoms with E-state index in [2.05, 4.69) is 33.2 Å². The minimum absolute atomic E-state index is 0.0767. The molecular weight excluding hydrogens is 383 g/mol. The molecule has 2 amide bonds. The number of hydrogen-bond donors (Lipinski definition) is 2. The summed E-state index contributed by atoms with van der Waals surface area (Å²) in [5.41, 5.74) is 0.597. The third kappa shape index (κ3) is 6.24. The number of halogens is 1. The zero-order valence-corrected chi connectivity index (χ0v) is 14.3. The number of benzene rings is 1. The number of nitrogens with one attached hydrogen (secondary N) is 2. The highest BCUT2D eigenvalue weighted by molar-refractivity contribution is 14.1. The summed E-state index contributed by atoms with van der Waals surface area (Å²) in [5, 5.41) is 5.20. The molecule has 0 heterocycles. The highest BCUT2D eigenvalue weighted by atomic mass is 127. The summed E-state index contributed by atoms with van der Waals surface area (Å²) in [4.78, 5) is 35.1. The average molecular weight is 402 g/mol. The summed E-state index contributed by atoms with van der Waals surface area (Å²) >= 11 is 2.16. The van der Waals surface area contributed by atoms with E-state index in [9.17, 15) is 14.4 Å². The highest BCUT2D eigenvalue weighted by Crippen LogP contribution is 2.09. The number of amides is 2. The molecule has 21 heavy (non-hydrogen) atoms. The van der Waals surface area contributed by atoms with Crippen LogP contribution >= 0.6 is 22.6 Å². The Bertz CT molecular complexity index is 514. The van der Waals surface area contributed by atoms with Crippen LogP contribution < -0.4 is 10.6 Å². The van der Waals surface area contributed by atoms with Gasteiger partial charge < -0.3 is 10.6 Å². The van der Waals surface area contributed by atoms with Gasteiger partial charge in [-0.05, 0) is 48.6 Å². The molecule has 114 valence electrons. The van der Waals surface area contributed by atoms with E-state index in [1.165, 1.54) is 0 Å². The lowest BCUT2D eigenvalue weighted by atomic mass is 10.1. The van der Waals surface area contributed by atoms with Gasteiger partial charge in [0.05, 0.1) is 0 Å². The van der Waals surface area contributed by atoms with Crippen molar-refractivity contribution in [2.24, 2.45) is 0 Å². The molecule has 0 fully saturated rings. The SMILES string of the molecule is CCNC(=O)[C@H](C)NC(=O)CCC(=O)c1ccc(I)cc1. The van der Waals surface area contributed by atoms with Crippen LogP contribution in [0.25, 0.3) is 0 Å². The summed E-state index contributed by atoms with van der Waals surface area (Å²) in [6.07, 6.45) is 0.211. The maximum Gasteiger partial charge on any atom is 0.242 e. The quantitative estimate of drug-likeness (QED) is 0.541. The van der Waals surface area contributed by atoms with Crippen molar-refractivity contribution in [3.8, 4) is 0 Å². The van der Waals surface area contributed by atoms with Gasteiger partial charge in [-0.25, -0.2) is 0 Å². The molecule has 0 aliphatic heterocycles. The molecule has 0 unspecified atom stereocenters. The first-order valence-electron chi connectivity index (χ1n) is 6.80. The first-order chi connectivity index (χ1) is 9.93. The average Bonchev–Trinajstić information content (AvgIpc) is 2.45. The van der Waals surface area contributed by atoms with Gasteiger partial charge in [0.25, 0.3) is 0 Å². The second-order valence-corrected chi connectivity index (χ2v) is 5.86. The molecule has 1 rings (SSSR count). The number of carbonyl (C=O) groups is 3. The molecule has 1 atom stereocenters. The molecule has 0 aliphatic rings. The summed E-state index contributed by atoms with van der Waals surface area (Å²) < 4.78 is 1.05. The fourth-order valence-electron chi connectivity index (χ4n) is 1.71. The smallest absolute Gasteiger partial charge is 0.242 e. The third-order valence-electron chi connectivity index (χ3n) is 2.87. The predicted octanol–water partition coefficient (Wildman–Crippen LogP) is 1.89. The Morgan fingerprint density at radius 1 is 1.14 bits per heavy atom. The second kappa shape index (κ2) is 8.76. The maximum absolute atomic E-state index is 11.9. The molecule has 0 aliphatic carbocycles. The van der Waals surface area contributed by atoms with Crippen molar-refractivity contribution in [3.63, 3.8) is 0 Å². The van der Waals surface area contributed by atoms with Gasteiger partial charge in [0.1, 0.15) is 6.04 Å². The molecule has 0 aromatic heterocycles. The van der Waals surface area contributed by atoms with Gasteiger partial charge in [0.15, 0.2) is 5.78 Å². The Labute approximate surface area is 138 Å². The van der Waals surface area contributed by atoms with Crippen molar-refractivity contribution in [2.75, 3.05) is 6.54 Å². The monoisotopic (exact) mass is 402 g/mol. The van der Waals surface area contributed by atoms with E-state index in [0.717, 1.165) is 3.57 Å². The van der Waals surface area contributed by atoms with Crippen LogP contribution in [0.4, 0.5) is 0 Å². The Morgan fingerprint density at radius 2 is 1.76 bits per heavy atom. The van der Waals surface area contributed by atoms with Gasteiger partial charge in [-0.15, -0.1) is 0 Å². The van der Waals surface area contributed by atoms with Gasteiger partial charge in [0, 0.05) is 28.5 Å². The molecule has 1 aromatic carbocycles. The van der Waals surface area contributed by atoms with Crippen LogP contribution in [-0.4, -0.2) is 30.2 Å². The standard InChI is InChI=1S/C15H19IN2O3/c1-3-17-15(21)10(2)18-14(20)9-8-13(19)11-4-6-12(16)7-5-11/h4-7,10H,3,8-9H2,1-2H3,(H,17,21)(H,18,20)/t10-/m0/s1. The lowest BCUT2D eigenvalue weighted by molar-refractivity contribution is -0.128. The van der Waals surface area contributed by atoms with E-state index in [4.69, 9.17) is 0 Å². The van der Waals surface area contributed by atoms with Crippen LogP contribution in [-0.2, 0) is 9.59 Å². The molecule has 0 bridgehead atoms. The van der Waals surface area contributed by atoms with Crippen molar-refractivity contribution in [2.45, 2.75) is 32.7 Å². The fraction of sp³-hybridized carbons (Fsp3) is 0.400. The molecule has 0 saturated carbocycles. The van der Waals surface area contributed by atoms with Crippen molar-refractivity contribution in [1.82, 2.24) is 10.6 Å². The van der Waals surface area contributed by atoms with Gasteiger partial charge in [-0.3, -0.25) is 14.4 Å². The van der Waals surface area contributed by atoms with Crippen molar-refractivity contribution in [3.05, 3.63) is 33.4 Å². The Hall–Kier alpha value is -1.44. The predicted molar refractivity (Wildman–Crippen MR) is 89.0 cm³/mol. The second-order valence-electron chi connectivity index (χ2n) is 4.61. The van der Waals surface area contributed by atoms with E-state index in [1.807, 2.05) is 19.1 Å². The topological polar surface area (TPSA) is 75.3 Å². The van der Waals surface area contributed by atoms with Crippen LogP contribution in [0.5, 0.6) is 0 Å².